The summed E-state index contributed by atoms with van der Waals surface area (Å²) in [7, 11) is 0. The number of carbonyl (C=O) groups is 1. The van der Waals surface area contributed by atoms with Crippen LogP contribution >= 0.6 is 0 Å². The standard InChI is InChI=1S/C34H31FN6O2/c1-21-29(33(43-25-16-14-22(35)15-17-25)40(38-21)24-12-8-5-9-13-24)30-26(20-36)32(37)41(39-23-10-6-4-7-11-23)27-18-34(2,3)19-28(42)31(27)30/h4-17,30,39H,18-19,37H2,1-3H3. The number of benzene rings is 3. The van der Waals surface area contributed by atoms with Crippen molar-refractivity contribution < 1.29 is 13.9 Å². The molecule has 1 unspecified atom stereocenters. The summed E-state index contributed by atoms with van der Waals surface area (Å²) in [6.07, 6.45) is 0.851. The van der Waals surface area contributed by atoms with E-state index in [9.17, 15) is 14.4 Å². The summed E-state index contributed by atoms with van der Waals surface area (Å²) in [5.41, 5.74) is 13.8. The van der Waals surface area contributed by atoms with Crippen LogP contribution in [0.1, 0.15) is 43.9 Å². The maximum Gasteiger partial charge on any atom is 0.227 e. The minimum absolute atomic E-state index is 0.0732. The fourth-order valence-corrected chi connectivity index (χ4v) is 5.87. The minimum Gasteiger partial charge on any atom is -0.439 e. The Balaban J connectivity index is 1.59. The Morgan fingerprint density at radius 2 is 1.67 bits per heavy atom. The number of ketones is 1. The SMILES string of the molecule is Cc1nn(-c2ccccc2)c(Oc2ccc(F)cc2)c1C1C(C#N)=C(N)N(Nc2ccccc2)C2=C1C(=O)CC(C)(C)C2. The predicted octanol–water partition coefficient (Wildman–Crippen LogP) is 6.88. The van der Waals surface area contributed by atoms with Crippen LogP contribution in [0.4, 0.5) is 10.1 Å². The van der Waals surface area contributed by atoms with Crippen molar-refractivity contribution in [2.45, 2.75) is 39.5 Å². The summed E-state index contributed by atoms with van der Waals surface area (Å²) in [6, 6.07) is 26.9. The summed E-state index contributed by atoms with van der Waals surface area (Å²) < 4.78 is 21.9. The van der Waals surface area contributed by atoms with Crippen LogP contribution in [0.5, 0.6) is 11.6 Å². The molecule has 3 N–H and O–H groups in total. The largest absolute Gasteiger partial charge is 0.439 e. The molecule has 1 aliphatic heterocycles. The molecule has 1 atom stereocenters. The fraction of sp³-hybridized carbons (Fsp3) is 0.206. The molecule has 43 heavy (non-hydrogen) atoms. The molecule has 1 aromatic heterocycles. The number of halogens is 1. The number of Topliss-reactive ketones (excluding diaryl/α,β-unsaturated/α-hetero) is 1. The van der Waals surface area contributed by atoms with Crippen LogP contribution in [0.25, 0.3) is 5.69 Å². The van der Waals surface area contributed by atoms with Crippen LogP contribution in [0.15, 0.2) is 108 Å². The van der Waals surface area contributed by atoms with Crippen LogP contribution in [0, 0.1) is 29.5 Å². The van der Waals surface area contributed by atoms with Gasteiger partial charge in [-0.2, -0.15) is 10.4 Å². The molecule has 4 aromatic rings. The molecule has 0 amide bonds. The highest BCUT2D eigenvalue weighted by Crippen LogP contribution is 2.51. The normalized spacial score (nSPS) is 17.9. The van der Waals surface area contributed by atoms with Crippen molar-refractivity contribution in [3.63, 3.8) is 0 Å². The highest BCUT2D eigenvalue weighted by Gasteiger charge is 2.47. The second-order valence-electron chi connectivity index (χ2n) is 11.6. The Kier molecular flexibility index (Phi) is 6.98. The number of nitrogens with one attached hydrogen (secondary N) is 1. The molecule has 9 heteroatoms. The zero-order valence-electron chi connectivity index (χ0n) is 24.1. The molecule has 8 nitrogen and oxygen atoms in total. The Labute approximate surface area is 249 Å². The monoisotopic (exact) mass is 574 g/mol. The molecule has 0 fully saturated rings. The number of allylic oxidation sites excluding steroid dienone is 3. The van der Waals surface area contributed by atoms with E-state index < -0.39 is 11.7 Å². The molecule has 0 spiro atoms. The first-order valence-electron chi connectivity index (χ1n) is 14.0. The van der Waals surface area contributed by atoms with Gasteiger partial charge in [0, 0.05) is 12.0 Å². The molecule has 2 aliphatic rings. The van der Waals surface area contributed by atoms with E-state index in [1.54, 1.807) is 9.69 Å². The molecule has 0 bridgehead atoms. The van der Waals surface area contributed by atoms with Crippen LogP contribution in [-0.2, 0) is 4.79 Å². The van der Waals surface area contributed by atoms with Crippen molar-refractivity contribution in [2.75, 3.05) is 5.43 Å². The predicted molar refractivity (Wildman–Crippen MR) is 161 cm³/mol. The first-order valence-corrected chi connectivity index (χ1v) is 14.0. The van der Waals surface area contributed by atoms with Crippen molar-refractivity contribution in [2.24, 2.45) is 11.1 Å². The van der Waals surface area contributed by atoms with Gasteiger partial charge in [-0.1, -0.05) is 50.2 Å². The van der Waals surface area contributed by atoms with E-state index in [4.69, 9.17) is 15.6 Å². The van der Waals surface area contributed by atoms with E-state index >= 15 is 0 Å². The second-order valence-corrected chi connectivity index (χ2v) is 11.6. The van der Waals surface area contributed by atoms with Gasteiger partial charge >= 0.3 is 0 Å². The second kappa shape index (κ2) is 10.8. The number of ether oxygens (including phenoxy) is 1. The van der Waals surface area contributed by atoms with Gasteiger partial charge in [-0.3, -0.25) is 10.2 Å². The van der Waals surface area contributed by atoms with Gasteiger partial charge in [-0.15, -0.1) is 0 Å². The van der Waals surface area contributed by atoms with Gasteiger partial charge in [-0.05, 0) is 67.3 Å². The molecular formula is C34H31FN6O2. The Hall–Kier alpha value is -5.36. The molecule has 3 aromatic carbocycles. The summed E-state index contributed by atoms with van der Waals surface area (Å²) in [4.78, 5) is 14.1. The lowest BCUT2D eigenvalue weighted by Crippen LogP contribution is -2.44. The summed E-state index contributed by atoms with van der Waals surface area (Å²) in [5, 5.41) is 17.1. The Morgan fingerprint density at radius 3 is 2.33 bits per heavy atom. The number of carbonyl (C=O) groups excluding carboxylic acids is 1. The number of hydrogen-bond acceptors (Lipinski definition) is 7. The number of anilines is 1. The zero-order chi connectivity index (χ0) is 30.3. The van der Waals surface area contributed by atoms with Gasteiger partial charge in [-0.25, -0.2) is 14.1 Å². The zero-order valence-corrected chi connectivity index (χ0v) is 24.1. The average molecular weight is 575 g/mol. The quantitative estimate of drug-likeness (QED) is 0.258. The van der Waals surface area contributed by atoms with Crippen molar-refractivity contribution in [3.8, 4) is 23.4 Å². The number of hydrogen-bond donors (Lipinski definition) is 2. The van der Waals surface area contributed by atoms with Crippen molar-refractivity contribution in [1.82, 2.24) is 14.8 Å². The molecule has 0 saturated carbocycles. The maximum atomic E-state index is 14.1. The molecule has 6 rings (SSSR count). The lowest BCUT2D eigenvalue weighted by atomic mass is 9.69. The highest BCUT2D eigenvalue weighted by atomic mass is 19.1. The number of nitriles is 1. The number of aromatic nitrogens is 2. The molecular weight excluding hydrogens is 543 g/mol. The van der Waals surface area contributed by atoms with Crippen LogP contribution < -0.4 is 15.9 Å². The smallest absolute Gasteiger partial charge is 0.227 e. The van der Waals surface area contributed by atoms with Crippen LogP contribution in [0.3, 0.4) is 0 Å². The van der Waals surface area contributed by atoms with E-state index in [-0.39, 0.29) is 22.6 Å². The lowest BCUT2D eigenvalue weighted by molar-refractivity contribution is -0.118. The van der Waals surface area contributed by atoms with Crippen molar-refractivity contribution in [1.29, 1.82) is 5.26 Å². The molecule has 0 radical (unpaired) electrons. The van der Waals surface area contributed by atoms with Gasteiger partial charge in [0.15, 0.2) is 5.78 Å². The van der Waals surface area contributed by atoms with Crippen LogP contribution in [-0.4, -0.2) is 20.6 Å². The van der Waals surface area contributed by atoms with Gasteiger partial charge in [0.2, 0.25) is 5.88 Å². The number of hydrazine groups is 1. The molecule has 2 heterocycles. The maximum absolute atomic E-state index is 14.1. The summed E-state index contributed by atoms with van der Waals surface area (Å²) in [5.74, 6) is -0.411. The molecule has 1 aliphatic carbocycles. The topological polar surface area (TPSA) is 109 Å². The van der Waals surface area contributed by atoms with E-state index in [0.29, 0.717) is 47.0 Å². The Morgan fingerprint density at radius 1 is 1.02 bits per heavy atom. The van der Waals surface area contributed by atoms with Crippen LogP contribution in [0.2, 0.25) is 0 Å². The van der Waals surface area contributed by atoms with E-state index in [0.717, 1.165) is 11.4 Å². The van der Waals surface area contributed by atoms with Gasteiger partial charge in [0.05, 0.1) is 45.9 Å². The number of rotatable bonds is 6. The highest BCUT2D eigenvalue weighted by molar-refractivity contribution is 6.00. The van der Waals surface area contributed by atoms with Crippen molar-refractivity contribution in [3.05, 3.63) is 125 Å². The number of nitrogens with zero attached hydrogens (tertiary/aromatic N) is 4. The first kappa shape index (κ1) is 27.8. The minimum atomic E-state index is -0.828. The Bertz CT molecular complexity index is 1800. The third-order valence-corrected chi connectivity index (χ3v) is 7.78. The van der Waals surface area contributed by atoms with Gasteiger partial charge in [0.25, 0.3) is 0 Å². The number of para-hydroxylation sites is 2. The first-order chi connectivity index (χ1) is 20.7. The third-order valence-electron chi connectivity index (χ3n) is 7.78. The molecule has 0 saturated heterocycles. The summed E-state index contributed by atoms with van der Waals surface area (Å²) in [6.45, 7) is 5.92. The van der Waals surface area contributed by atoms with Gasteiger partial charge in [0.1, 0.15) is 17.4 Å². The number of nitrogens with two attached hydrogens (primary N) is 1. The van der Waals surface area contributed by atoms with E-state index in [1.165, 1.54) is 24.3 Å². The lowest BCUT2D eigenvalue weighted by Gasteiger charge is -2.43. The fourth-order valence-electron chi connectivity index (χ4n) is 5.87. The van der Waals surface area contributed by atoms with Gasteiger partial charge < -0.3 is 10.5 Å². The van der Waals surface area contributed by atoms with E-state index in [1.807, 2.05) is 81.4 Å². The summed E-state index contributed by atoms with van der Waals surface area (Å²) >= 11 is 0. The van der Waals surface area contributed by atoms with E-state index in [2.05, 4.69) is 11.5 Å². The average Bonchev–Trinajstić information content (AvgIpc) is 3.31. The molecule has 216 valence electrons. The van der Waals surface area contributed by atoms with Crippen molar-refractivity contribution >= 4 is 11.5 Å². The third kappa shape index (κ3) is 5.12. The number of aryl methyl sites for hydroxylation is 1.